The van der Waals surface area contributed by atoms with E-state index in [0.29, 0.717) is 45.7 Å². The summed E-state index contributed by atoms with van der Waals surface area (Å²) in [5.41, 5.74) is 4.18. The highest BCUT2D eigenvalue weighted by Crippen LogP contribution is 2.22. The van der Waals surface area contributed by atoms with Crippen LogP contribution in [0.1, 0.15) is 33.2 Å². The van der Waals surface area contributed by atoms with Gasteiger partial charge in [-0.05, 0) is 43.7 Å². The molecule has 5 rings (SSSR count). The van der Waals surface area contributed by atoms with Gasteiger partial charge in [0.1, 0.15) is 23.4 Å². The minimum absolute atomic E-state index is 0.0753. The standard InChI is InChI=1S/C27H20FN9O2/c1-15-7-24(35-25-9-20(10-29)39-37-25)36-26(34-15)18-4-6-23(32-13-18)27(38)33-12-17-3-5-22(31-11-17)21-8-19(28)14-30-16(21)2/h3-9,11,13-14H,12H2,1-2H3,(H,33,38)(H,34,35,36,37). The van der Waals surface area contributed by atoms with Gasteiger partial charge in [-0.2, -0.15) is 5.26 Å². The molecule has 0 radical (unpaired) electrons. The number of pyridine rings is 3. The molecule has 0 atom stereocenters. The maximum absolute atomic E-state index is 13.6. The number of amides is 1. The van der Waals surface area contributed by atoms with E-state index < -0.39 is 5.82 Å². The van der Waals surface area contributed by atoms with Crippen LogP contribution in [0.25, 0.3) is 22.6 Å². The molecule has 39 heavy (non-hydrogen) atoms. The van der Waals surface area contributed by atoms with Crippen LogP contribution in [-0.4, -0.2) is 36.0 Å². The quantitative estimate of drug-likeness (QED) is 0.317. The van der Waals surface area contributed by atoms with Gasteiger partial charge < -0.3 is 15.2 Å². The Morgan fingerprint density at radius 1 is 1.00 bits per heavy atom. The van der Waals surface area contributed by atoms with Crippen LogP contribution in [0.2, 0.25) is 0 Å². The predicted octanol–water partition coefficient (Wildman–Crippen LogP) is 4.28. The van der Waals surface area contributed by atoms with Gasteiger partial charge >= 0.3 is 0 Å². The fourth-order valence-electron chi connectivity index (χ4n) is 3.67. The summed E-state index contributed by atoms with van der Waals surface area (Å²) in [6.45, 7) is 3.84. The highest BCUT2D eigenvalue weighted by molar-refractivity contribution is 5.92. The highest BCUT2D eigenvalue weighted by Gasteiger charge is 2.12. The minimum atomic E-state index is -0.431. The first-order chi connectivity index (χ1) is 18.9. The second kappa shape index (κ2) is 10.8. The van der Waals surface area contributed by atoms with Crippen LogP contribution >= 0.6 is 0 Å². The Morgan fingerprint density at radius 3 is 2.59 bits per heavy atom. The number of halogens is 1. The molecule has 5 aromatic rings. The first-order valence-corrected chi connectivity index (χ1v) is 11.7. The largest absolute Gasteiger partial charge is 0.347 e. The maximum atomic E-state index is 13.6. The van der Waals surface area contributed by atoms with Gasteiger partial charge in [0, 0.05) is 53.6 Å². The average Bonchev–Trinajstić information content (AvgIpc) is 3.40. The summed E-state index contributed by atoms with van der Waals surface area (Å²) < 4.78 is 18.4. The van der Waals surface area contributed by atoms with E-state index in [9.17, 15) is 9.18 Å². The van der Waals surface area contributed by atoms with Crippen LogP contribution < -0.4 is 10.6 Å². The first-order valence-electron chi connectivity index (χ1n) is 11.7. The zero-order chi connectivity index (χ0) is 27.4. The van der Waals surface area contributed by atoms with Crippen LogP contribution in [0, 0.1) is 31.0 Å². The molecule has 5 aromatic heterocycles. The van der Waals surface area contributed by atoms with Gasteiger partial charge in [0.05, 0.1) is 11.9 Å². The molecule has 0 saturated carbocycles. The number of nitriles is 1. The molecule has 11 nitrogen and oxygen atoms in total. The fourth-order valence-corrected chi connectivity index (χ4v) is 3.67. The van der Waals surface area contributed by atoms with Crippen molar-refractivity contribution >= 4 is 17.5 Å². The van der Waals surface area contributed by atoms with Gasteiger partial charge in [0.2, 0.25) is 5.76 Å². The number of aryl methyl sites for hydroxylation is 2. The summed E-state index contributed by atoms with van der Waals surface area (Å²) in [5.74, 6) is 0.483. The Hall–Kier alpha value is -5.57. The third-order valence-corrected chi connectivity index (χ3v) is 5.59. The molecule has 5 heterocycles. The van der Waals surface area contributed by atoms with Crippen molar-refractivity contribution in [3.63, 3.8) is 0 Å². The van der Waals surface area contributed by atoms with E-state index in [4.69, 9.17) is 9.78 Å². The zero-order valence-corrected chi connectivity index (χ0v) is 20.8. The van der Waals surface area contributed by atoms with Crippen LogP contribution in [0.5, 0.6) is 0 Å². The van der Waals surface area contributed by atoms with Crippen LogP contribution in [-0.2, 0) is 6.54 Å². The van der Waals surface area contributed by atoms with Crippen LogP contribution in [0.15, 0.2) is 65.6 Å². The van der Waals surface area contributed by atoms with Gasteiger partial charge in [-0.1, -0.05) is 11.2 Å². The lowest BCUT2D eigenvalue weighted by Gasteiger charge is -2.08. The molecule has 1 amide bonds. The number of hydrogen-bond acceptors (Lipinski definition) is 10. The molecule has 0 aliphatic carbocycles. The van der Waals surface area contributed by atoms with Crippen LogP contribution in [0.4, 0.5) is 16.0 Å². The molecule has 0 aromatic carbocycles. The Bertz CT molecular complexity index is 1690. The fraction of sp³-hybridized carbons (Fsp3) is 0.111. The molecule has 0 aliphatic heterocycles. The van der Waals surface area contributed by atoms with E-state index in [-0.39, 0.29) is 23.9 Å². The monoisotopic (exact) mass is 521 g/mol. The van der Waals surface area contributed by atoms with Crippen molar-refractivity contribution in [3.05, 3.63) is 95.3 Å². The third-order valence-electron chi connectivity index (χ3n) is 5.59. The Labute approximate surface area is 221 Å². The third kappa shape index (κ3) is 5.89. The molecule has 0 unspecified atom stereocenters. The lowest BCUT2D eigenvalue weighted by Crippen LogP contribution is -2.23. The SMILES string of the molecule is Cc1cc(Nc2cc(C#N)on2)nc(-c2ccc(C(=O)NCc3ccc(-c4cc(F)cnc4C)nc3)nc2)n1. The van der Waals surface area contributed by atoms with Crippen LogP contribution in [0.3, 0.4) is 0 Å². The van der Waals surface area contributed by atoms with Gasteiger partial charge in [0.25, 0.3) is 5.91 Å². The number of carbonyl (C=O) groups is 1. The van der Waals surface area contributed by atoms with Crippen molar-refractivity contribution in [1.82, 2.24) is 35.4 Å². The number of anilines is 2. The minimum Gasteiger partial charge on any atom is -0.347 e. The maximum Gasteiger partial charge on any atom is 0.270 e. The Morgan fingerprint density at radius 2 is 1.87 bits per heavy atom. The van der Waals surface area contributed by atoms with E-state index >= 15 is 0 Å². The summed E-state index contributed by atoms with van der Waals surface area (Å²) in [6, 6.07) is 13.3. The van der Waals surface area contributed by atoms with Gasteiger partial charge in [-0.3, -0.25) is 19.7 Å². The summed E-state index contributed by atoms with van der Waals surface area (Å²) in [7, 11) is 0. The number of nitrogens with zero attached hydrogens (tertiary/aromatic N) is 7. The molecule has 12 heteroatoms. The molecule has 2 N–H and O–H groups in total. The smallest absolute Gasteiger partial charge is 0.270 e. The predicted molar refractivity (Wildman–Crippen MR) is 138 cm³/mol. The number of carbonyl (C=O) groups excluding carboxylic acids is 1. The van der Waals surface area contributed by atoms with E-state index in [2.05, 4.69) is 40.7 Å². The summed E-state index contributed by atoms with van der Waals surface area (Å²) >= 11 is 0. The van der Waals surface area contributed by atoms with Crippen molar-refractivity contribution in [2.24, 2.45) is 0 Å². The Balaban J connectivity index is 1.23. The molecule has 0 saturated heterocycles. The van der Waals surface area contributed by atoms with E-state index in [1.807, 2.05) is 19.1 Å². The van der Waals surface area contributed by atoms with Crippen molar-refractivity contribution in [2.45, 2.75) is 20.4 Å². The second-order valence-corrected chi connectivity index (χ2v) is 8.48. The topological polar surface area (TPSA) is 155 Å². The number of aromatic nitrogens is 6. The molecule has 0 fully saturated rings. The lowest BCUT2D eigenvalue weighted by molar-refractivity contribution is 0.0946. The van der Waals surface area contributed by atoms with Gasteiger partial charge in [0.15, 0.2) is 11.6 Å². The average molecular weight is 522 g/mol. The molecular weight excluding hydrogens is 501 g/mol. The number of rotatable bonds is 7. The van der Waals surface area contributed by atoms with Gasteiger partial charge in [-0.25, -0.2) is 14.4 Å². The van der Waals surface area contributed by atoms with E-state index in [0.717, 1.165) is 5.56 Å². The second-order valence-electron chi connectivity index (χ2n) is 8.48. The highest BCUT2D eigenvalue weighted by atomic mass is 19.1. The van der Waals surface area contributed by atoms with Crippen molar-refractivity contribution < 1.29 is 13.7 Å². The lowest BCUT2D eigenvalue weighted by atomic mass is 10.1. The van der Waals surface area contributed by atoms with E-state index in [1.54, 1.807) is 37.4 Å². The number of nitrogens with one attached hydrogen (secondary N) is 2. The number of hydrogen-bond donors (Lipinski definition) is 2. The van der Waals surface area contributed by atoms with Crippen molar-refractivity contribution in [1.29, 1.82) is 5.26 Å². The first kappa shape index (κ1) is 25.1. The van der Waals surface area contributed by atoms with Gasteiger partial charge in [-0.15, -0.1) is 0 Å². The normalized spacial score (nSPS) is 10.6. The summed E-state index contributed by atoms with van der Waals surface area (Å²) in [4.78, 5) is 34.2. The van der Waals surface area contributed by atoms with Crippen molar-refractivity contribution in [3.8, 4) is 28.7 Å². The summed E-state index contributed by atoms with van der Waals surface area (Å²) in [5, 5.41) is 18.4. The molecule has 192 valence electrons. The molecule has 0 aliphatic rings. The molecule has 0 bridgehead atoms. The Kier molecular flexibility index (Phi) is 6.96. The van der Waals surface area contributed by atoms with E-state index in [1.165, 1.54) is 24.5 Å². The molecular formula is C27H20FN9O2. The molecule has 0 spiro atoms. The summed E-state index contributed by atoms with van der Waals surface area (Å²) in [6.07, 6.45) is 4.31. The van der Waals surface area contributed by atoms with Crippen molar-refractivity contribution in [2.75, 3.05) is 5.32 Å². The zero-order valence-electron chi connectivity index (χ0n) is 20.8.